The first-order chi connectivity index (χ1) is 8.22. The molecule has 2 aliphatic rings. The van der Waals surface area contributed by atoms with Gasteiger partial charge in [-0.2, -0.15) is 0 Å². The largest absolute Gasteiger partial charge is 0.388 e. The number of ether oxygens (including phenoxy) is 1. The summed E-state index contributed by atoms with van der Waals surface area (Å²) in [6, 6.07) is 3.97. The number of anilines is 1. The van der Waals surface area contributed by atoms with Gasteiger partial charge in [0.1, 0.15) is 4.99 Å². The van der Waals surface area contributed by atoms with E-state index in [0.29, 0.717) is 22.9 Å². The smallest absolute Gasteiger partial charge is 0.122 e. The fraction of sp³-hybridized carbons (Fsp3) is 0.500. The molecule has 1 aromatic rings. The lowest BCUT2D eigenvalue weighted by Crippen LogP contribution is -2.42. The molecule has 0 spiro atoms. The molecule has 4 nitrogen and oxygen atoms in total. The van der Waals surface area contributed by atoms with Crippen LogP contribution in [0.15, 0.2) is 18.3 Å². The van der Waals surface area contributed by atoms with E-state index < -0.39 is 0 Å². The van der Waals surface area contributed by atoms with Crippen molar-refractivity contribution in [3.05, 3.63) is 24.0 Å². The highest BCUT2D eigenvalue weighted by Crippen LogP contribution is 2.29. The maximum Gasteiger partial charge on any atom is 0.122 e. The van der Waals surface area contributed by atoms with Gasteiger partial charge in [-0.25, -0.2) is 0 Å². The van der Waals surface area contributed by atoms with Crippen LogP contribution in [0.4, 0.5) is 5.69 Å². The molecule has 0 radical (unpaired) electrons. The lowest BCUT2D eigenvalue weighted by Gasteiger charge is -2.33. The average molecular weight is 249 g/mol. The zero-order valence-corrected chi connectivity index (χ0v) is 10.3. The molecule has 0 aliphatic carbocycles. The van der Waals surface area contributed by atoms with Crippen LogP contribution in [-0.4, -0.2) is 35.3 Å². The number of thiocarbonyl (C=S) groups is 1. The molecule has 17 heavy (non-hydrogen) atoms. The summed E-state index contributed by atoms with van der Waals surface area (Å²) >= 11 is 4.95. The number of rotatable bonds is 2. The Morgan fingerprint density at radius 1 is 1.41 bits per heavy atom. The Balaban J connectivity index is 1.84. The van der Waals surface area contributed by atoms with Crippen molar-refractivity contribution in [2.75, 3.05) is 18.0 Å². The van der Waals surface area contributed by atoms with Crippen molar-refractivity contribution in [3.63, 3.8) is 0 Å². The van der Waals surface area contributed by atoms with Crippen LogP contribution in [0.1, 0.15) is 18.5 Å². The number of hydrogen-bond acceptors (Lipinski definition) is 4. The van der Waals surface area contributed by atoms with Gasteiger partial charge in [-0.05, 0) is 25.0 Å². The van der Waals surface area contributed by atoms with E-state index in [4.69, 9.17) is 22.7 Å². The first-order valence-electron chi connectivity index (χ1n) is 5.88. The second-order valence-electron chi connectivity index (χ2n) is 4.63. The second-order valence-corrected chi connectivity index (χ2v) is 5.07. The molecule has 90 valence electrons. The number of morpholine rings is 1. The minimum Gasteiger partial charge on any atom is -0.388 e. The standard InChI is InChI=1S/C12H15N3OS/c13-12(17)11-5-8(3-4-14-11)15-6-9-1-2-10(7-15)16-9/h3-5,9-10H,1-2,6-7H2,(H2,13,17). The molecule has 2 unspecified atom stereocenters. The van der Waals surface area contributed by atoms with Gasteiger partial charge in [-0.3, -0.25) is 4.98 Å². The normalized spacial score (nSPS) is 27.2. The number of pyridine rings is 1. The van der Waals surface area contributed by atoms with Crippen molar-refractivity contribution in [1.82, 2.24) is 4.98 Å². The summed E-state index contributed by atoms with van der Waals surface area (Å²) in [5.41, 5.74) is 7.44. The summed E-state index contributed by atoms with van der Waals surface area (Å²) in [4.78, 5) is 6.86. The van der Waals surface area contributed by atoms with Crippen molar-refractivity contribution < 1.29 is 4.74 Å². The van der Waals surface area contributed by atoms with Gasteiger partial charge in [0, 0.05) is 25.0 Å². The van der Waals surface area contributed by atoms with E-state index in [9.17, 15) is 0 Å². The average Bonchev–Trinajstić information content (AvgIpc) is 2.68. The van der Waals surface area contributed by atoms with Gasteiger partial charge in [0.05, 0.1) is 17.9 Å². The molecule has 5 heteroatoms. The summed E-state index contributed by atoms with van der Waals surface area (Å²) in [6.45, 7) is 1.91. The lowest BCUT2D eigenvalue weighted by atomic mass is 10.2. The van der Waals surface area contributed by atoms with E-state index in [2.05, 4.69) is 9.88 Å². The minimum absolute atomic E-state index is 0.350. The van der Waals surface area contributed by atoms with Crippen LogP contribution in [0.3, 0.4) is 0 Å². The fourth-order valence-electron chi connectivity index (χ4n) is 2.58. The van der Waals surface area contributed by atoms with E-state index in [0.717, 1.165) is 18.8 Å². The van der Waals surface area contributed by atoms with Crippen LogP contribution in [-0.2, 0) is 4.74 Å². The van der Waals surface area contributed by atoms with Crippen molar-refractivity contribution in [2.45, 2.75) is 25.0 Å². The van der Waals surface area contributed by atoms with E-state index in [-0.39, 0.29) is 0 Å². The quantitative estimate of drug-likeness (QED) is 0.795. The molecule has 2 atom stereocenters. The molecule has 1 aromatic heterocycles. The van der Waals surface area contributed by atoms with Crippen LogP contribution in [0.5, 0.6) is 0 Å². The van der Waals surface area contributed by atoms with Crippen LogP contribution in [0.25, 0.3) is 0 Å². The summed E-state index contributed by atoms with van der Waals surface area (Å²) in [6.07, 6.45) is 4.88. The Morgan fingerprint density at radius 3 is 2.76 bits per heavy atom. The predicted molar refractivity (Wildman–Crippen MR) is 70.2 cm³/mol. The maximum absolute atomic E-state index is 5.82. The first-order valence-corrected chi connectivity index (χ1v) is 6.29. The highest BCUT2D eigenvalue weighted by Gasteiger charge is 2.33. The van der Waals surface area contributed by atoms with E-state index in [1.165, 1.54) is 12.8 Å². The highest BCUT2D eigenvalue weighted by molar-refractivity contribution is 7.80. The number of aromatic nitrogens is 1. The molecular formula is C12H15N3OS. The molecule has 0 saturated carbocycles. The Hall–Kier alpha value is -1.20. The third kappa shape index (κ3) is 2.12. The molecule has 2 N–H and O–H groups in total. The molecule has 3 rings (SSSR count). The molecule has 3 heterocycles. The van der Waals surface area contributed by atoms with Crippen LogP contribution < -0.4 is 10.6 Å². The number of hydrogen-bond donors (Lipinski definition) is 1. The van der Waals surface area contributed by atoms with Crippen LogP contribution in [0, 0.1) is 0 Å². The summed E-state index contributed by atoms with van der Waals surface area (Å²) in [5, 5.41) is 0. The van der Waals surface area contributed by atoms with E-state index >= 15 is 0 Å². The molecule has 2 bridgehead atoms. The molecule has 0 aromatic carbocycles. The van der Waals surface area contributed by atoms with Gasteiger partial charge in [0.25, 0.3) is 0 Å². The monoisotopic (exact) mass is 249 g/mol. The van der Waals surface area contributed by atoms with Crippen LogP contribution in [0.2, 0.25) is 0 Å². The molecule has 2 fully saturated rings. The SMILES string of the molecule is NC(=S)c1cc(N2CC3CCC(C2)O3)ccn1. The maximum atomic E-state index is 5.82. The molecule has 2 aliphatic heterocycles. The Morgan fingerprint density at radius 2 is 2.12 bits per heavy atom. The van der Waals surface area contributed by atoms with E-state index in [1.54, 1.807) is 6.20 Å². The summed E-state index contributed by atoms with van der Waals surface area (Å²) < 4.78 is 5.82. The summed E-state index contributed by atoms with van der Waals surface area (Å²) in [5.74, 6) is 0. The van der Waals surface area contributed by atoms with Crippen molar-refractivity contribution in [3.8, 4) is 0 Å². The number of fused-ring (bicyclic) bond motifs is 2. The Bertz CT molecular complexity index is 439. The fourth-order valence-corrected chi connectivity index (χ4v) is 2.69. The van der Waals surface area contributed by atoms with Crippen molar-refractivity contribution in [1.29, 1.82) is 0 Å². The van der Waals surface area contributed by atoms with Crippen LogP contribution >= 0.6 is 12.2 Å². The molecular weight excluding hydrogens is 234 g/mol. The van der Waals surface area contributed by atoms with Gasteiger partial charge in [-0.1, -0.05) is 12.2 Å². The zero-order valence-electron chi connectivity index (χ0n) is 9.50. The predicted octanol–water partition coefficient (Wildman–Crippen LogP) is 1.08. The third-order valence-corrected chi connectivity index (χ3v) is 3.61. The van der Waals surface area contributed by atoms with Gasteiger partial charge < -0.3 is 15.4 Å². The number of nitrogens with zero attached hydrogens (tertiary/aromatic N) is 2. The second kappa shape index (κ2) is 4.23. The van der Waals surface area contributed by atoms with Gasteiger partial charge in [0.2, 0.25) is 0 Å². The number of nitrogens with two attached hydrogens (primary N) is 1. The minimum atomic E-state index is 0.350. The highest BCUT2D eigenvalue weighted by atomic mass is 32.1. The Kier molecular flexibility index (Phi) is 2.72. The molecule has 2 saturated heterocycles. The van der Waals surface area contributed by atoms with E-state index in [1.807, 2.05) is 12.1 Å². The van der Waals surface area contributed by atoms with Gasteiger partial charge >= 0.3 is 0 Å². The van der Waals surface area contributed by atoms with Gasteiger partial charge in [-0.15, -0.1) is 0 Å². The summed E-state index contributed by atoms with van der Waals surface area (Å²) in [7, 11) is 0. The third-order valence-electron chi connectivity index (χ3n) is 3.40. The first kappa shape index (κ1) is 10.9. The van der Waals surface area contributed by atoms with Crippen molar-refractivity contribution >= 4 is 22.9 Å². The van der Waals surface area contributed by atoms with Crippen molar-refractivity contribution in [2.24, 2.45) is 5.73 Å². The topological polar surface area (TPSA) is 51.4 Å². The lowest BCUT2D eigenvalue weighted by molar-refractivity contribution is 0.0305. The zero-order chi connectivity index (χ0) is 11.8. The van der Waals surface area contributed by atoms with Gasteiger partial charge in [0.15, 0.2) is 0 Å². The Labute approximate surface area is 106 Å². The molecule has 0 amide bonds.